The maximum atomic E-state index is 14.4. The minimum atomic E-state index is -2.81. The summed E-state index contributed by atoms with van der Waals surface area (Å²) in [4.78, 5) is 10.8. The molecule has 2 rings (SSSR count). The number of carboxylic acid groups (broad SMARTS) is 1. The monoisotopic (exact) mass is 335 g/mol. The topological polar surface area (TPSA) is 70.3 Å². The summed E-state index contributed by atoms with van der Waals surface area (Å²) in [5.74, 6) is -2.48. The lowest BCUT2D eigenvalue weighted by molar-refractivity contribution is -0.136. The Morgan fingerprint density at radius 1 is 1.33 bits per heavy atom. The number of carboxylic acids is 1. The number of nitrogens with zero attached hydrogens (tertiary/aromatic N) is 1. The highest BCUT2D eigenvalue weighted by Gasteiger charge is 2.17. The molecule has 0 fully saturated rings. The third kappa shape index (κ3) is 3.84. The molecule has 2 aromatic carbocycles. The van der Waals surface area contributed by atoms with Crippen LogP contribution in [-0.2, 0) is 11.2 Å². The Hall–Kier alpha value is -3.01. The van der Waals surface area contributed by atoms with Crippen LogP contribution in [0.5, 0.6) is 11.5 Å². The van der Waals surface area contributed by atoms with E-state index in [1.165, 1.54) is 25.1 Å². The van der Waals surface area contributed by atoms with Crippen molar-refractivity contribution in [3.05, 3.63) is 58.4 Å². The number of halogens is 3. The van der Waals surface area contributed by atoms with E-state index in [0.29, 0.717) is 5.56 Å². The van der Waals surface area contributed by atoms with Crippen molar-refractivity contribution in [1.29, 1.82) is 5.26 Å². The second-order valence-electron chi connectivity index (χ2n) is 5.06. The van der Waals surface area contributed by atoms with Crippen LogP contribution in [0.1, 0.15) is 28.7 Å². The first-order valence-corrected chi connectivity index (χ1v) is 6.82. The van der Waals surface area contributed by atoms with Crippen molar-refractivity contribution in [3.8, 4) is 17.6 Å². The lowest BCUT2D eigenvalue weighted by Gasteiger charge is -2.13. The standard InChI is InChI=1S/C17H12F3NO3/c1-9-2-3-11(7-14(22)23)15(18)16(9)24-13-5-10(8-21)4-12(6-13)17(19)20/h2-6,17H,7H2,1H3,(H,22,23). The summed E-state index contributed by atoms with van der Waals surface area (Å²) < 4.78 is 45.5. The molecule has 0 radical (unpaired) electrons. The largest absolute Gasteiger partial charge is 0.481 e. The molecule has 0 spiro atoms. The second-order valence-corrected chi connectivity index (χ2v) is 5.06. The molecule has 24 heavy (non-hydrogen) atoms. The van der Waals surface area contributed by atoms with Crippen LogP contribution in [0.2, 0.25) is 0 Å². The molecule has 0 aliphatic carbocycles. The van der Waals surface area contributed by atoms with Gasteiger partial charge in [0.2, 0.25) is 0 Å². The van der Waals surface area contributed by atoms with Crippen LogP contribution >= 0.6 is 0 Å². The molecule has 2 aromatic rings. The maximum Gasteiger partial charge on any atom is 0.307 e. The van der Waals surface area contributed by atoms with E-state index in [0.717, 1.165) is 12.1 Å². The number of ether oxygens (including phenoxy) is 1. The summed E-state index contributed by atoms with van der Waals surface area (Å²) in [6.07, 6.45) is -3.35. The van der Waals surface area contributed by atoms with Gasteiger partial charge in [-0.2, -0.15) is 5.26 Å². The minimum absolute atomic E-state index is 0.0532. The number of aliphatic carboxylic acids is 1. The molecule has 0 atom stereocenters. The summed E-state index contributed by atoms with van der Waals surface area (Å²) in [6.45, 7) is 1.53. The van der Waals surface area contributed by atoms with E-state index in [1.54, 1.807) is 6.07 Å². The number of nitriles is 1. The van der Waals surface area contributed by atoms with Gasteiger partial charge in [0.15, 0.2) is 11.6 Å². The lowest BCUT2D eigenvalue weighted by Crippen LogP contribution is -2.04. The lowest BCUT2D eigenvalue weighted by atomic mass is 10.1. The van der Waals surface area contributed by atoms with Gasteiger partial charge >= 0.3 is 5.97 Å². The molecule has 124 valence electrons. The number of carbonyl (C=O) groups is 1. The van der Waals surface area contributed by atoms with Crippen LogP contribution in [0.25, 0.3) is 0 Å². The zero-order valence-electron chi connectivity index (χ0n) is 12.5. The van der Waals surface area contributed by atoms with Crippen molar-refractivity contribution in [2.24, 2.45) is 0 Å². The second kappa shape index (κ2) is 7.04. The van der Waals surface area contributed by atoms with Crippen LogP contribution in [0, 0.1) is 24.1 Å². The van der Waals surface area contributed by atoms with Crippen molar-refractivity contribution in [3.63, 3.8) is 0 Å². The van der Waals surface area contributed by atoms with Crippen molar-refractivity contribution in [2.45, 2.75) is 19.8 Å². The number of aryl methyl sites for hydroxylation is 1. The van der Waals surface area contributed by atoms with E-state index in [4.69, 9.17) is 15.1 Å². The summed E-state index contributed by atoms with van der Waals surface area (Å²) in [6, 6.07) is 7.75. The Kier molecular flexibility index (Phi) is 5.09. The normalized spacial score (nSPS) is 10.5. The fourth-order valence-corrected chi connectivity index (χ4v) is 2.11. The van der Waals surface area contributed by atoms with Crippen molar-refractivity contribution in [2.75, 3.05) is 0 Å². The molecule has 0 bridgehead atoms. The molecular weight excluding hydrogens is 323 g/mol. The average Bonchev–Trinajstić information content (AvgIpc) is 2.53. The summed E-state index contributed by atoms with van der Waals surface area (Å²) in [5, 5.41) is 17.7. The number of alkyl halides is 2. The Bertz CT molecular complexity index is 829. The molecule has 0 aliphatic rings. The number of hydrogen-bond donors (Lipinski definition) is 1. The summed E-state index contributed by atoms with van der Waals surface area (Å²) >= 11 is 0. The molecule has 0 saturated heterocycles. The molecular formula is C17H12F3NO3. The Balaban J connectivity index is 2.46. The highest BCUT2D eigenvalue weighted by atomic mass is 19.3. The van der Waals surface area contributed by atoms with Gasteiger partial charge in [0.1, 0.15) is 5.75 Å². The molecule has 0 saturated carbocycles. The zero-order chi connectivity index (χ0) is 17.9. The van der Waals surface area contributed by atoms with Crippen LogP contribution < -0.4 is 4.74 Å². The highest BCUT2D eigenvalue weighted by molar-refractivity contribution is 5.70. The fraction of sp³-hybridized carbons (Fsp3) is 0.176. The van der Waals surface area contributed by atoms with Crippen LogP contribution in [0.4, 0.5) is 13.2 Å². The van der Waals surface area contributed by atoms with Gasteiger partial charge in [0.25, 0.3) is 6.43 Å². The first-order valence-electron chi connectivity index (χ1n) is 6.82. The van der Waals surface area contributed by atoms with Gasteiger partial charge < -0.3 is 9.84 Å². The predicted octanol–water partition coefficient (Wildman–Crippen LogP) is 4.36. The first-order chi connectivity index (χ1) is 11.3. The van der Waals surface area contributed by atoms with Crippen LogP contribution in [0.3, 0.4) is 0 Å². The van der Waals surface area contributed by atoms with Crippen LogP contribution in [-0.4, -0.2) is 11.1 Å². The quantitative estimate of drug-likeness (QED) is 0.881. The molecule has 0 aliphatic heterocycles. The van der Waals surface area contributed by atoms with Gasteiger partial charge in [0.05, 0.1) is 18.1 Å². The Labute approximate surface area is 135 Å². The minimum Gasteiger partial charge on any atom is -0.481 e. The molecule has 0 heterocycles. The summed E-state index contributed by atoms with van der Waals surface area (Å²) in [7, 11) is 0. The van der Waals surface area contributed by atoms with Crippen LogP contribution in [0.15, 0.2) is 30.3 Å². The summed E-state index contributed by atoms with van der Waals surface area (Å²) in [5.41, 5.74) is -0.206. The highest BCUT2D eigenvalue weighted by Crippen LogP contribution is 2.33. The maximum absolute atomic E-state index is 14.4. The number of rotatable bonds is 5. The molecule has 0 amide bonds. The average molecular weight is 335 g/mol. The smallest absolute Gasteiger partial charge is 0.307 e. The molecule has 0 aromatic heterocycles. The van der Waals surface area contributed by atoms with Gasteiger partial charge in [0, 0.05) is 11.1 Å². The van der Waals surface area contributed by atoms with E-state index in [-0.39, 0.29) is 22.6 Å². The molecule has 7 heteroatoms. The van der Waals surface area contributed by atoms with E-state index < -0.39 is 30.2 Å². The molecule has 1 N–H and O–H groups in total. The van der Waals surface area contributed by atoms with E-state index in [9.17, 15) is 18.0 Å². The van der Waals surface area contributed by atoms with E-state index in [2.05, 4.69) is 0 Å². The molecule has 0 unspecified atom stereocenters. The van der Waals surface area contributed by atoms with E-state index >= 15 is 0 Å². The molecule has 4 nitrogen and oxygen atoms in total. The van der Waals surface area contributed by atoms with Gasteiger partial charge in [-0.3, -0.25) is 4.79 Å². The SMILES string of the molecule is Cc1ccc(CC(=O)O)c(F)c1Oc1cc(C#N)cc(C(F)F)c1. The van der Waals surface area contributed by atoms with Crippen molar-refractivity contribution < 1.29 is 27.8 Å². The van der Waals surface area contributed by atoms with Gasteiger partial charge in [-0.15, -0.1) is 0 Å². The van der Waals surface area contributed by atoms with E-state index in [1.807, 2.05) is 0 Å². The van der Waals surface area contributed by atoms with Gasteiger partial charge in [-0.1, -0.05) is 12.1 Å². The predicted molar refractivity (Wildman–Crippen MR) is 78.7 cm³/mol. The third-order valence-electron chi connectivity index (χ3n) is 3.25. The first kappa shape index (κ1) is 17.3. The number of hydrogen-bond acceptors (Lipinski definition) is 3. The Morgan fingerprint density at radius 3 is 2.62 bits per heavy atom. The zero-order valence-corrected chi connectivity index (χ0v) is 12.5. The van der Waals surface area contributed by atoms with Crippen molar-refractivity contribution in [1.82, 2.24) is 0 Å². The van der Waals surface area contributed by atoms with Gasteiger partial charge in [-0.05, 0) is 30.7 Å². The van der Waals surface area contributed by atoms with Gasteiger partial charge in [-0.25, -0.2) is 13.2 Å². The fourth-order valence-electron chi connectivity index (χ4n) is 2.11. The number of benzene rings is 2. The Morgan fingerprint density at radius 2 is 2.04 bits per heavy atom. The third-order valence-corrected chi connectivity index (χ3v) is 3.25. The van der Waals surface area contributed by atoms with Crippen molar-refractivity contribution >= 4 is 5.97 Å².